The number of halogens is 1. The highest BCUT2D eigenvalue weighted by molar-refractivity contribution is 5.77. The van der Waals surface area contributed by atoms with Crippen molar-refractivity contribution in [1.82, 2.24) is 19.8 Å². The van der Waals surface area contributed by atoms with Gasteiger partial charge in [-0.25, -0.2) is 14.4 Å². The topological polar surface area (TPSA) is 52.6 Å². The maximum absolute atomic E-state index is 12.8. The zero-order chi connectivity index (χ0) is 15.0. The van der Waals surface area contributed by atoms with Crippen molar-refractivity contribution < 1.29 is 9.18 Å². The van der Waals surface area contributed by atoms with Crippen LogP contribution in [-0.4, -0.2) is 72.5 Å². The fraction of sp³-hybridized carbons (Fsp3) is 0.643. The van der Waals surface area contributed by atoms with Crippen molar-refractivity contribution >= 4 is 11.9 Å². The zero-order valence-corrected chi connectivity index (χ0v) is 12.4. The van der Waals surface area contributed by atoms with Crippen molar-refractivity contribution in [2.75, 3.05) is 51.7 Å². The molecule has 21 heavy (non-hydrogen) atoms. The molecule has 0 aromatic carbocycles. The Morgan fingerprint density at radius 3 is 2.62 bits per heavy atom. The molecule has 3 heterocycles. The van der Waals surface area contributed by atoms with E-state index in [-0.39, 0.29) is 11.3 Å². The second-order valence-electron chi connectivity index (χ2n) is 6.31. The fourth-order valence-electron chi connectivity index (χ4n) is 3.13. The van der Waals surface area contributed by atoms with Gasteiger partial charge in [-0.05, 0) is 13.0 Å². The molecule has 0 aliphatic carbocycles. The van der Waals surface area contributed by atoms with Crippen molar-refractivity contribution in [2.45, 2.75) is 6.42 Å². The van der Waals surface area contributed by atoms with E-state index in [1.165, 1.54) is 12.4 Å². The van der Waals surface area contributed by atoms with E-state index in [1.54, 1.807) is 19.0 Å². The van der Waals surface area contributed by atoms with Crippen molar-refractivity contribution in [3.05, 3.63) is 18.2 Å². The van der Waals surface area contributed by atoms with Gasteiger partial charge in [0.1, 0.15) is 0 Å². The minimum Gasteiger partial charge on any atom is -0.348 e. The van der Waals surface area contributed by atoms with Gasteiger partial charge in [-0.1, -0.05) is 0 Å². The first-order valence-electron chi connectivity index (χ1n) is 7.12. The van der Waals surface area contributed by atoms with Crippen molar-refractivity contribution in [2.24, 2.45) is 5.41 Å². The lowest BCUT2D eigenvalue weighted by molar-refractivity contribution is -0.129. The highest BCUT2D eigenvalue weighted by atomic mass is 19.1. The summed E-state index contributed by atoms with van der Waals surface area (Å²) >= 11 is 0. The summed E-state index contributed by atoms with van der Waals surface area (Å²) in [5, 5.41) is 0. The van der Waals surface area contributed by atoms with Gasteiger partial charge in [0.05, 0.1) is 18.9 Å². The minimum atomic E-state index is -0.414. The maximum Gasteiger partial charge on any atom is 0.236 e. The molecule has 0 unspecified atom stereocenters. The van der Waals surface area contributed by atoms with E-state index in [2.05, 4.69) is 19.8 Å². The van der Waals surface area contributed by atoms with Gasteiger partial charge in [0, 0.05) is 39.1 Å². The second kappa shape index (κ2) is 5.22. The average Bonchev–Trinajstić information content (AvgIpc) is 2.82. The Morgan fingerprint density at radius 1 is 1.33 bits per heavy atom. The van der Waals surface area contributed by atoms with E-state index in [1.807, 2.05) is 0 Å². The van der Waals surface area contributed by atoms with E-state index in [0.29, 0.717) is 12.5 Å². The monoisotopic (exact) mass is 293 g/mol. The number of nitrogens with zero attached hydrogens (tertiary/aromatic N) is 5. The molecule has 2 aliphatic heterocycles. The number of hydrogen-bond donors (Lipinski definition) is 0. The summed E-state index contributed by atoms with van der Waals surface area (Å²) < 4.78 is 12.8. The van der Waals surface area contributed by atoms with Crippen molar-refractivity contribution in [3.8, 4) is 0 Å². The van der Waals surface area contributed by atoms with Gasteiger partial charge in [-0.2, -0.15) is 0 Å². The second-order valence-corrected chi connectivity index (χ2v) is 6.31. The molecule has 0 N–H and O–H groups in total. The number of likely N-dealkylation sites (tertiary alicyclic amines) is 1. The minimum absolute atomic E-state index is 0.144. The van der Waals surface area contributed by atoms with Crippen molar-refractivity contribution in [3.63, 3.8) is 0 Å². The van der Waals surface area contributed by atoms with Crippen LogP contribution in [0.25, 0.3) is 0 Å². The molecule has 2 saturated heterocycles. The molecular formula is C14H20FN5O. The Balaban J connectivity index is 1.54. The Hall–Kier alpha value is -1.76. The van der Waals surface area contributed by atoms with Crippen LogP contribution in [-0.2, 0) is 4.79 Å². The average molecular weight is 293 g/mol. The normalized spacial score (nSPS) is 20.6. The summed E-state index contributed by atoms with van der Waals surface area (Å²) in [6.45, 7) is 4.14. The largest absolute Gasteiger partial charge is 0.348 e. The molecule has 1 amide bonds. The van der Waals surface area contributed by atoms with E-state index in [9.17, 15) is 9.18 Å². The number of anilines is 1. The lowest BCUT2D eigenvalue weighted by Gasteiger charge is -2.48. The Kier molecular flexibility index (Phi) is 3.52. The van der Waals surface area contributed by atoms with Crippen LogP contribution in [0.1, 0.15) is 6.42 Å². The molecule has 6 nitrogen and oxygen atoms in total. The highest BCUT2D eigenvalue weighted by Crippen LogP contribution is 2.40. The van der Waals surface area contributed by atoms with Gasteiger partial charge in [0.15, 0.2) is 5.82 Å². The van der Waals surface area contributed by atoms with Crippen LogP contribution in [0.5, 0.6) is 0 Å². The van der Waals surface area contributed by atoms with Crippen LogP contribution in [0.3, 0.4) is 0 Å². The molecule has 1 aromatic rings. The van der Waals surface area contributed by atoms with Gasteiger partial charge < -0.3 is 9.80 Å². The third-order valence-corrected chi connectivity index (χ3v) is 4.32. The number of carbonyl (C=O) groups is 1. The van der Waals surface area contributed by atoms with E-state index in [4.69, 9.17) is 0 Å². The number of aromatic nitrogens is 2. The molecule has 1 spiro atoms. The van der Waals surface area contributed by atoms with Crippen LogP contribution < -0.4 is 4.90 Å². The van der Waals surface area contributed by atoms with Gasteiger partial charge in [0.25, 0.3) is 0 Å². The van der Waals surface area contributed by atoms with Crippen LogP contribution in [0.15, 0.2) is 12.4 Å². The summed E-state index contributed by atoms with van der Waals surface area (Å²) in [5.41, 5.74) is 0.240. The van der Waals surface area contributed by atoms with E-state index >= 15 is 0 Å². The smallest absolute Gasteiger partial charge is 0.236 e. The predicted octanol–water partition coefficient (Wildman–Crippen LogP) is 0.216. The SMILES string of the molecule is CN(C)C(=O)CN1CCC2(C1)CN(c1ncc(F)cn1)C2. The molecule has 2 fully saturated rings. The highest BCUT2D eigenvalue weighted by Gasteiger charge is 2.48. The lowest BCUT2D eigenvalue weighted by atomic mass is 9.79. The predicted molar refractivity (Wildman–Crippen MR) is 76.4 cm³/mol. The van der Waals surface area contributed by atoms with Gasteiger partial charge in [-0.3, -0.25) is 9.69 Å². The van der Waals surface area contributed by atoms with Crippen LogP contribution in [0.2, 0.25) is 0 Å². The summed E-state index contributed by atoms with van der Waals surface area (Å²) in [6.07, 6.45) is 3.49. The maximum atomic E-state index is 12.8. The number of hydrogen-bond acceptors (Lipinski definition) is 5. The van der Waals surface area contributed by atoms with Crippen LogP contribution >= 0.6 is 0 Å². The van der Waals surface area contributed by atoms with Crippen LogP contribution in [0, 0.1) is 11.2 Å². The lowest BCUT2D eigenvalue weighted by Crippen LogP contribution is -2.58. The van der Waals surface area contributed by atoms with Crippen LogP contribution in [0.4, 0.5) is 10.3 Å². The summed E-state index contributed by atoms with van der Waals surface area (Å²) in [7, 11) is 3.57. The molecule has 7 heteroatoms. The number of carbonyl (C=O) groups excluding carboxylic acids is 1. The first kappa shape index (κ1) is 14.2. The molecular weight excluding hydrogens is 273 g/mol. The first-order chi connectivity index (χ1) is 9.97. The zero-order valence-electron chi connectivity index (χ0n) is 12.4. The molecule has 114 valence electrons. The Morgan fingerprint density at radius 2 is 2.00 bits per heavy atom. The van der Waals surface area contributed by atoms with Crippen molar-refractivity contribution in [1.29, 1.82) is 0 Å². The fourth-order valence-corrected chi connectivity index (χ4v) is 3.13. The molecule has 0 saturated carbocycles. The molecule has 0 atom stereocenters. The summed E-state index contributed by atoms with van der Waals surface area (Å²) in [5.74, 6) is 0.318. The third-order valence-electron chi connectivity index (χ3n) is 4.32. The summed E-state index contributed by atoms with van der Waals surface area (Å²) in [4.78, 5) is 25.7. The first-order valence-corrected chi connectivity index (χ1v) is 7.12. The number of likely N-dealkylation sites (N-methyl/N-ethyl adjacent to an activating group) is 1. The molecule has 2 aliphatic rings. The molecule has 0 radical (unpaired) electrons. The Bertz CT molecular complexity index is 527. The Labute approximate surface area is 123 Å². The third kappa shape index (κ3) is 2.83. The summed E-state index contributed by atoms with van der Waals surface area (Å²) in [6, 6.07) is 0. The van der Waals surface area contributed by atoms with Gasteiger partial charge in [0.2, 0.25) is 11.9 Å². The van der Waals surface area contributed by atoms with E-state index < -0.39 is 5.82 Å². The number of amides is 1. The van der Waals surface area contributed by atoms with Gasteiger partial charge in [-0.15, -0.1) is 0 Å². The van der Waals surface area contributed by atoms with E-state index in [0.717, 1.165) is 32.6 Å². The molecule has 3 rings (SSSR count). The van der Waals surface area contributed by atoms with Gasteiger partial charge >= 0.3 is 0 Å². The quantitative estimate of drug-likeness (QED) is 0.798. The molecule has 0 bridgehead atoms. The molecule has 1 aromatic heterocycles. The number of rotatable bonds is 3. The standard InChI is InChI=1S/C14H20FN5O/c1-18(2)12(21)7-19-4-3-14(8-19)9-20(10-14)13-16-5-11(15)6-17-13/h5-6H,3-4,7-10H2,1-2H3.